The second-order valence-electron chi connectivity index (χ2n) is 5.16. The minimum atomic E-state index is -3.32. The molecule has 0 heterocycles. The van der Waals surface area contributed by atoms with E-state index in [1.807, 2.05) is 44.2 Å². The summed E-state index contributed by atoms with van der Waals surface area (Å²) in [4.78, 5) is 0. The molecule has 120 valence electrons. The Morgan fingerprint density at radius 2 is 1.86 bits per heavy atom. The molecule has 0 saturated carbocycles. The lowest BCUT2D eigenvalue weighted by molar-refractivity contribution is 0.0907. The fourth-order valence-electron chi connectivity index (χ4n) is 1.95. The van der Waals surface area contributed by atoms with E-state index in [-0.39, 0.29) is 18.5 Å². The normalized spacial score (nSPS) is 12.2. The van der Waals surface area contributed by atoms with Crippen LogP contribution in [-0.2, 0) is 21.2 Å². The van der Waals surface area contributed by atoms with Gasteiger partial charge in [0.1, 0.15) is 0 Å². The summed E-state index contributed by atoms with van der Waals surface area (Å²) in [5.74, 6) is -0.0000301. The Bertz CT molecular complexity index is 489. The summed E-state index contributed by atoms with van der Waals surface area (Å²) in [5.41, 5.74) is 6.65. The molecule has 0 radical (unpaired) electrons. The number of hydrogen-bond donors (Lipinski definition) is 1. The van der Waals surface area contributed by atoms with Crippen molar-refractivity contribution in [3.05, 3.63) is 35.9 Å². The maximum atomic E-state index is 12.3. The van der Waals surface area contributed by atoms with E-state index in [9.17, 15) is 8.42 Å². The monoisotopic (exact) mass is 314 g/mol. The Morgan fingerprint density at radius 1 is 1.19 bits per heavy atom. The molecule has 0 aliphatic rings. The average molecular weight is 314 g/mol. The Kier molecular flexibility index (Phi) is 7.88. The van der Waals surface area contributed by atoms with Crippen molar-refractivity contribution in [2.24, 2.45) is 5.73 Å². The molecule has 6 heteroatoms. The Labute approximate surface area is 128 Å². The molecule has 0 bridgehead atoms. The third-order valence-electron chi connectivity index (χ3n) is 3.06. The molecule has 0 saturated heterocycles. The van der Waals surface area contributed by atoms with E-state index in [4.69, 9.17) is 10.5 Å². The zero-order valence-electron chi connectivity index (χ0n) is 12.9. The van der Waals surface area contributed by atoms with E-state index in [2.05, 4.69) is 0 Å². The first-order chi connectivity index (χ1) is 9.95. The third kappa shape index (κ3) is 7.04. The zero-order valence-corrected chi connectivity index (χ0v) is 13.7. The van der Waals surface area contributed by atoms with Crippen LogP contribution in [0.3, 0.4) is 0 Å². The molecular weight excluding hydrogens is 288 g/mol. The molecule has 0 amide bonds. The quantitative estimate of drug-likeness (QED) is 0.705. The van der Waals surface area contributed by atoms with Crippen molar-refractivity contribution < 1.29 is 13.2 Å². The lowest BCUT2D eigenvalue weighted by atomic mass is 10.1. The lowest BCUT2D eigenvalue weighted by Gasteiger charge is -2.22. The topological polar surface area (TPSA) is 72.6 Å². The summed E-state index contributed by atoms with van der Waals surface area (Å²) < 4.78 is 31.4. The molecule has 1 aromatic rings. The molecule has 0 fully saturated rings. The van der Waals surface area contributed by atoms with Gasteiger partial charge in [0.2, 0.25) is 10.0 Å². The second-order valence-corrected chi connectivity index (χ2v) is 7.25. The molecule has 0 unspecified atom stereocenters. The first kappa shape index (κ1) is 18.1. The van der Waals surface area contributed by atoms with Crippen LogP contribution in [0.2, 0.25) is 0 Å². The summed E-state index contributed by atoms with van der Waals surface area (Å²) in [6, 6.07) is 9.84. The molecule has 5 nitrogen and oxygen atoms in total. The summed E-state index contributed by atoms with van der Waals surface area (Å²) in [7, 11) is -3.32. The van der Waals surface area contributed by atoms with Crippen molar-refractivity contribution >= 4 is 10.0 Å². The predicted molar refractivity (Wildman–Crippen MR) is 85.6 cm³/mol. The number of sulfonamides is 1. The molecule has 1 aromatic carbocycles. The van der Waals surface area contributed by atoms with Gasteiger partial charge in [-0.2, -0.15) is 0 Å². The van der Waals surface area contributed by atoms with Crippen molar-refractivity contribution in [1.82, 2.24) is 4.31 Å². The Balaban J connectivity index is 2.58. The average Bonchev–Trinajstić information content (AvgIpc) is 2.43. The SMILES string of the molecule is CC(C)OCCS(=O)(=O)N(CCN)CCc1ccccc1. The predicted octanol–water partition coefficient (Wildman–Crippen LogP) is 1.24. The molecule has 0 aliphatic carbocycles. The lowest BCUT2D eigenvalue weighted by Crippen LogP contribution is -2.39. The second kappa shape index (κ2) is 9.15. The largest absolute Gasteiger partial charge is 0.378 e. The number of rotatable bonds is 10. The highest BCUT2D eigenvalue weighted by Gasteiger charge is 2.21. The zero-order chi connectivity index (χ0) is 15.7. The molecule has 0 atom stereocenters. The fourth-order valence-corrected chi connectivity index (χ4v) is 3.27. The highest BCUT2D eigenvalue weighted by atomic mass is 32.2. The van der Waals surface area contributed by atoms with Crippen LogP contribution in [-0.4, -0.2) is 50.8 Å². The van der Waals surface area contributed by atoms with E-state index in [0.29, 0.717) is 26.1 Å². The van der Waals surface area contributed by atoms with Crippen molar-refractivity contribution in [3.63, 3.8) is 0 Å². The minimum Gasteiger partial charge on any atom is -0.378 e. The molecule has 0 aromatic heterocycles. The van der Waals surface area contributed by atoms with Crippen LogP contribution in [0.4, 0.5) is 0 Å². The van der Waals surface area contributed by atoms with Crippen LogP contribution in [0.25, 0.3) is 0 Å². The van der Waals surface area contributed by atoms with Gasteiger partial charge in [-0.1, -0.05) is 30.3 Å². The molecular formula is C15H26N2O3S. The van der Waals surface area contributed by atoms with Gasteiger partial charge in [0.25, 0.3) is 0 Å². The van der Waals surface area contributed by atoms with Gasteiger partial charge >= 0.3 is 0 Å². The molecule has 21 heavy (non-hydrogen) atoms. The van der Waals surface area contributed by atoms with Crippen LogP contribution in [0.5, 0.6) is 0 Å². The van der Waals surface area contributed by atoms with Crippen LogP contribution < -0.4 is 5.73 Å². The Hall–Kier alpha value is -0.950. The van der Waals surface area contributed by atoms with Gasteiger partial charge in [-0.25, -0.2) is 12.7 Å². The summed E-state index contributed by atoms with van der Waals surface area (Å²) in [6.07, 6.45) is 0.720. The number of benzene rings is 1. The van der Waals surface area contributed by atoms with Gasteiger partial charge in [-0.15, -0.1) is 0 Å². The van der Waals surface area contributed by atoms with Gasteiger partial charge in [0.15, 0.2) is 0 Å². The maximum absolute atomic E-state index is 12.3. The van der Waals surface area contributed by atoms with Crippen LogP contribution in [0.1, 0.15) is 19.4 Å². The number of ether oxygens (including phenoxy) is 1. The van der Waals surface area contributed by atoms with Gasteiger partial charge in [0.05, 0.1) is 18.5 Å². The van der Waals surface area contributed by atoms with E-state index in [0.717, 1.165) is 5.56 Å². The highest BCUT2D eigenvalue weighted by molar-refractivity contribution is 7.89. The number of nitrogens with two attached hydrogens (primary N) is 1. The number of hydrogen-bond acceptors (Lipinski definition) is 4. The van der Waals surface area contributed by atoms with E-state index >= 15 is 0 Å². The van der Waals surface area contributed by atoms with Crippen LogP contribution >= 0.6 is 0 Å². The van der Waals surface area contributed by atoms with E-state index in [1.165, 1.54) is 4.31 Å². The molecule has 1 rings (SSSR count). The van der Waals surface area contributed by atoms with Crippen LogP contribution in [0.15, 0.2) is 30.3 Å². The third-order valence-corrected chi connectivity index (χ3v) is 4.89. The first-order valence-corrected chi connectivity index (χ1v) is 8.90. The molecule has 2 N–H and O–H groups in total. The highest BCUT2D eigenvalue weighted by Crippen LogP contribution is 2.06. The van der Waals surface area contributed by atoms with Crippen molar-refractivity contribution in [2.75, 3.05) is 32.0 Å². The fraction of sp³-hybridized carbons (Fsp3) is 0.600. The van der Waals surface area contributed by atoms with Gasteiger partial charge in [0, 0.05) is 19.6 Å². The number of nitrogens with zero attached hydrogens (tertiary/aromatic N) is 1. The standard InChI is InChI=1S/C15H26N2O3S/c1-14(2)20-12-13-21(18,19)17(11-9-16)10-8-15-6-4-3-5-7-15/h3-7,14H,8-13,16H2,1-2H3. The summed E-state index contributed by atoms with van der Waals surface area (Å²) >= 11 is 0. The van der Waals surface area contributed by atoms with Gasteiger partial charge < -0.3 is 10.5 Å². The van der Waals surface area contributed by atoms with Crippen molar-refractivity contribution in [2.45, 2.75) is 26.4 Å². The maximum Gasteiger partial charge on any atom is 0.216 e. The minimum absolute atomic E-state index is 0.0000301. The van der Waals surface area contributed by atoms with Crippen LogP contribution in [0, 0.1) is 0 Å². The van der Waals surface area contributed by atoms with Gasteiger partial charge in [-0.05, 0) is 25.8 Å². The summed E-state index contributed by atoms with van der Waals surface area (Å²) in [6.45, 7) is 5.10. The smallest absolute Gasteiger partial charge is 0.216 e. The van der Waals surface area contributed by atoms with Crippen molar-refractivity contribution in [3.8, 4) is 0 Å². The van der Waals surface area contributed by atoms with Crippen molar-refractivity contribution in [1.29, 1.82) is 0 Å². The molecule has 0 aliphatic heterocycles. The molecule has 0 spiro atoms. The van der Waals surface area contributed by atoms with Gasteiger partial charge in [-0.3, -0.25) is 0 Å². The first-order valence-electron chi connectivity index (χ1n) is 7.29. The Morgan fingerprint density at radius 3 is 2.43 bits per heavy atom. The summed E-state index contributed by atoms with van der Waals surface area (Å²) in [5, 5.41) is 0. The van der Waals surface area contributed by atoms with E-state index in [1.54, 1.807) is 0 Å². The van der Waals surface area contributed by atoms with E-state index < -0.39 is 10.0 Å².